The zero-order valence-corrected chi connectivity index (χ0v) is 18.8. The van der Waals surface area contributed by atoms with Crippen LogP contribution in [0.5, 0.6) is 5.75 Å². The third-order valence-corrected chi connectivity index (χ3v) is 4.59. The van der Waals surface area contributed by atoms with Crippen molar-refractivity contribution in [1.29, 1.82) is 0 Å². The number of hydrogen-bond acceptors (Lipinski definition) is 4. The van der Waals surface area contributed by atoms with Gasteiger partial charge in [0.2, 0.25) is 5.91 Å². The highest BCUT2D eigenvalue weighted by atomic mass is 127. The fourth-order valence-corrected chi connectivity index (χ4v) is 3.12. The molecule has 0 bridgehead atoms. The summed E-state index contributed by atoms with van der Waals surface area (Å²) < 4.78 is 6.88. The molecule has 2 aromatic rings. The lowest BCUT2D eigenvalue weighted by Crippen LogP contribution is -2.55. The third-order valence-electron chi connectivity index (χ3n) is 4.59. The van der Waals surface area contributed by atoms with Crippen molar-refractivity contribution in [2.75, 3.05) is 45.2 Å². The summed E-state index contributed by atoms with van der Waals surface area (Å²) in [6, 6.07) is 8.03. The van der Waals surface area contributed by atoms with E-state index in [1.807, 2.05) is 30.3 Å². The quantitative estimate of drug-likeness (QED) is 0.385. The number of amides is 1. The summed E-state index contributed by atoms with van der Waals surface area (Å²) in [5.74, 6) is 1.66. The summed E-state index contributed by atoms with van der Waals surface area (Å²) in [5.41, 5.74) is 2.06. The van der Waals surface area contributed by atoms with Gasteiger partial charge in [-0.15, -0.1) is 24.0 Å². The summed E-state index contributed by atoms with van der Waals surface area (Å²) in [4.78, 5) is 20.6. The lowest BCUT2D eigenvalue weighted by atomic mass is 10.1. The van der Waals surface area contributed by atoms with Crippen LogP contribution in [0.4, 0.5) is 5.69 Å². The number of aliphatic imine (C=N–C) groups is 1. The number of benzene rings is 1. The zero-order valence-electron chi connectivity index (χ0n) is 16.5. The first-order chi connectivity index (χ1) is 13.1. The third kappa shape index (κ3) is 5.37. The van der Waals surface area contributed by atoms with Gasteiger partial charge in [0.15, 0.2) is 5.96 Å². The number of guanidine groups is 1. The maximum atomic E-state index is 12.5. The van der Waals surface area contributed by atoms with Crippen LogP contribution in [-0.4, -0.2) is 66.9 Å². The van der Waals surface area contributed by atoms with Crippen LogP contribution in [-0.2, 0) is 18.3 Å². The first-order valence-electron chi connectivity index (χ1n) is 8.98. The Labute approximate surface area is 182 Å². The number of ether oxygens (including phenoxy) is 1. The van der Waals surface area contributed by atoms with E-state index in [-0.39, 0.29) is 29.9 Å². The van der Waals surface area contributed by atoms with Crippen LogP contribution in [0.15, 0.2) is 41.7 Å². The van der Waals surface area contributed by atoms with Crippen molar-refractivity contribution in [3.63, 3.8) is 0 Å². The number of aromatic nitrogens is 2. The monoisotopic (exact) mass is 498 g/mol. The molecular formula is C19H27IN6O2. The minimum absolute atomic E-state index is 0. The van der Waals surface area contributed by atoms with Crippen molar-refractivity contribution >= 4 is 41.5 Å². The molecule has 0 radical (unpaired) electrons. The first kappa shape index (κ1) is 22.0. The molecule has 2 heterocycles. The number of methoxy groups -OCH3 is 1. The Bertz CT molecular complexity index is 805. The fraction of sp³-hybridized carbons (Fsp3) is 0.421. The molecule has 0 atom stereocenters. The fourth-order valence-electron chi connectivity index (χ4n) is 3.12. The number of hydrogen-bond donors (Lipinski definition) is 1. The molecule has 1 aliphatic heterocycles. The van der Waals surface area contributed by atoms with Gasteiger partial charge in [0, 0.05) is 39.9 Å². The van der Waals surface area contributed by atoms with E-state index in [1.54, 1.807) is 29.9 Å². The van der Waals surface area contributed by atoms with E-state index in [0.717, 1.165) is 36.9 Å². The molecule has 0 unspecified atom stereocenters. The molecule has 9 heteroatoms. The number of aryl methyl sites for hydroxylation is 1. The van der Waals surface area contributed by atoms with Crippen LogP contribution < -0.4 is 15.0 Å². The van der Waals surface area contributed by atoms with Crippen LogP contribution in [0.3, 0.4) is 0 Å². The van der Waals surface area contributed by atoms with Crippen LogP contribution in [0, 0.1) is 0 Å². The van der Waals surface area contributed by atoms with E-state index in [2.05, 4.69) is 27.5 Å². The Hall–Kier alpha value is -2.30. The van der Waals surface area contributed by atoms with Gasteiger partial charge in [0.05, 0.1) is 19.0 Å². The van der Waals surface area contributed by atoms with Gasteiger partial charge < -0.3 is 19.9 Å². The molecule has 0 spiro atoms. The average Bonchev–Trinajstić information content (AvgIpc) is 3.11. The lowest BCUT2D eigenvalue weighted by Gasteiger charge is -2.35. The number of anilines is 1. The summed E-state index contributed by atoms with van der Waals surface area (Å²) in [7, 11) is 5.25. The van der Waals surface area contributed by atoms with Gasteiger partial charge in [-0.1, -0.05) is 12.1 Å². The Morgan fingerprint density at radius 1 is 1.29 bits per heavy atom. The van der Waals surface area contributed by atoms with E-state index in [9.17, 15) is 4.79 Å². The molecule has 1 N–H and O–H groups in total. The van der Waals surface area contributed by atoms with Gasteiger partial charge in [0.25, 0.3) is 0 Å². The first-order valence-corrected chi connectivity index (χ1v) is 8.98. The smallest absolute Gasteiger partial charge is 0.246 e. The second kappa shape index (κ2) is 10.3. The Morgan fingerprint density at radius 2 is 2.04 bits per heavy atom. The number of rotatable bonds is 5. The van der Waals surface area contributed by atoms with E-state index >= 15 is 0 Å². The van der Waals surface area contributed by atoms with Crippen molar-refractivity contribution in [2.24, 2.45) is 12.0 Å². The van der Waals surface area contributed by atoms with Crippen LogP contribution in [0.2, 0.25) is 0 Å². The highest BCUT2D eigenvalue weighted by Crippen LogP contribution is 2.16. The Kier molecular flexibility index (Phi) is 8.09. The summed E-state index contributed by atoms with van der Waals surface area (Å²) in [6.07, 6.45) is 4.44. The molecule has 1 fully saturated rings. The summed E-state index contributed by atoms with van der Waals surface area (Å²) in [5, 5.41) is 7.49. The molecule has 1 aromatic heterocycles. The van der Waals surface area contributed by atoms with Crippen LogP contribution >= 0.6 is 24.0 Å². The maximum Gasteiger partial charge on any atom is 0.246 e. The van der Waals surface area contributed by atoms with Gasteiger partial charge in [-0.3, -0.25) is 14.5 Å². The topological polar surface area (TPSA) is 75.0 Å². The summed E-state index contributed by atoms with van der Waals surface area (Å²) in [6.45, 7) is 2.39. The standard InChI is InChI=1S/C19H26N6O2.HI/c1-20-19(21-9-8-15-4-6-17(27-3)7-5-15)24-10-11-25(18(26)14-24)16-12-22-23(2)13-16;/h4-7,12-13H,8-11,14H2,1-3H3,(H,20,21);1H. The van der Waals surface area contributed by atoms with Gasteiger partial charge in [-0.05, 0) is 24.1 Å². The second-order valence-electron chi connectivity index (χ2n) is 6.41. The summed E-state index contributed by atoms with van der Waals surface area (Å²) >= 11 is 0. The minimum atomic E-state index is 0. The maximum absolute atomic E-state index is 12.5. The number of nitrogens with one attached hydrogen (secondary N) is 1. The SMILES string of the molecule is CN=C(NCCc1ccc(OC)cc1)N1CCN(c2cnn(C)c2)C(=O)C1.I. The molecule has 1 saturated heterocycles. The molecule has 8 nitrogen and oxygen atoms in total. The number of carbonyl (C=O) groups excluding carboxylic acids is 1. The van der Waals surface area contributed by atoms with Crippen molar-refractivity contribution in [3.8, 4) is 5.75 Å². The van der Waals surface area contributed by atoms with Crippen molar-refractivity contribution in [2.45, 2.75) is 6.42 Å². The molecule has 0 saturated carbocycles. The number of carbonyl (C=O) groups is 1. The van der Waals surface area contributed by atoms with E-state index < -0.39 is 0 Å². The minimum Gasteiger partial charge on any atom is -0.497 e. The van der Waals surface area contributed by atoms with Gasteiger partial charge in [-0.2, -0.15) is 5.10 Å². The molecular weight excluding hydrogens is 471 g/mol. The van der Waals surface area contributed by atoms with Gasteiger partial charge in [-0.25, -0.2) is 0 Å². The Morgan fingerprint density at radius 3 is 2.61 bits per heavy atom. The zero-order chi connectivity index (χ0) is 19.2. The van der Waals surface area contributed by atoms with Crippen LogP contribution in [0.25, 0.3) is 0 Å². The average molecular weight is 498 g/mol. The molecule has 3 rings (SSSR count). The normalized spacial score (nSPS) is 14.7. The highest BCUT2D eigenvalue weighted by Gasteiger charge is 2.27. The molecule has 0 aliphatic carbocycles. The molecule has 1 amide bonds. The van der Waals surface area contributed by atoms with Crippen molar-refractivity contribution < 1.29 is 9.53 Å². The number of piperazine rings is 1. The van der Waals surface area contributed by atoms with Gasteiger partial charge >= 0.3 is 0 Å². The predicted octanol–water partition coefficient (Wildman–Crippen LogP) is 1.51. The molecule has 28 heavy (non-hydrogen) atoms. The number of nitrogens with zero attached hydrogens (tertiary/aromatic N) is 5. The van der Waals surface area contributed by atoms with E-state index in [1.165, 1.54) is 5.56 Å². The molecule has 1 aromatic carbocycles. The molecule has 152 valence electrons. The highest BCUT2D eigenvalue weighted by molar-refractivity contribution is 14.0. The number of halogens is 1. The van der Waals surface area contributed by atoms with E-state index in [0.29, 0.717) is 13.1 Å². The second-order valence-corrected chi connectivity index (χ2v) is 6.41. The van der Waals surface area contributed by atoms with E-state index in [4.69, 9.17) is 4.74 Å². The molecule has 1 aliphatic rings. The Balaban J connectivity index is 0.00000280. The van der Waals surface area contributed by atoms with Gasteiger partial charge in [0.1, 0.15) is 12.3 Å². The van der Waals surface area contributed by atoms with Crippen molar-refractivity contribution in [3.05, 3.63) is 42.2 Å². The predicted molar refractivity (Wildman–Crippen MR) is 121 cm³/mol. The van der Waals surface area contributed by atoms with Crippen LogP contribution in [0.1, 0.15) is 5.56 Å². The van der Waals surface area contributed by atoms with Crippen molar-refractivity contribution in [1.82, 2.24) is 20.0 Å². The largest absolute Gasteiger partial charge is 0.497 e. The lowest BCUT2D eigenvalue weighted by molar-refractivity contribution is -0.120.